The Morgan fingerprint density at radius 3 is 1.08 bits per heavy atom. The molecule has 0 spiro atoms. The van der Waals surface area contributed by atoms with E-state index in [1.165, 1.54) is 154 Å². The van der Waals surface area contributed by atoms with Crippen molar-refractivity contribution in [1.82, 2.24) is 20.4 Å². The van der Waals surface area contributed by atoms with Crippen LogP contribution in [0.1, 0.15) is 181 Å². The van der Waals surface area contributed by atoms with Crippen LogP contribution in [0.2, 0.25) is 0 Å². The standard InChI is InChI=1S/C44H94N6O2/c1-3-5-7-9-11-13-15-17-19-23-41(25-21-29-45)27-31-47-37-43(51)39-49-33-35-50(36-34-49)40-44(52)38-48-32-28-42(26-22-30-46)24-20-18-16-14-12-10-8-6-4-2/h41-44,47-48,51-52H,3-40,45-46H2,1-2H3. The second-order valence-corrected chi connectivity index (χ2v) is 16.7. The van der Waals surface area contributed by atoms with Gasteiger partial charge in [0, 0.05) is 52.4 Å². The average Bonchev–Trinajstić information content (AvgIpc) is 3.14. The van der Waals surface area contributed by atoms with E-state index in [2.05, 4.69) is 34.3 Å². The summed E-state index contributed by atoms with van der Waals surface area (Å²) in [5.41, 5.74) is 11.7. The molecule has 8 heteroatoms. The second kappa shape index (κ2) is 37.6. The normalized spacial score (nSPS) is 16.7. The van der Waals surface area contributed by atoms with Crippen LogP contribution in [0, 0.1) is 11.8 Å². The third-order valence-electron chi connectivity index (χ3n) is 11.7. The van der Waals surface area contributed by atoms with Gasteiger partial charge in [0.05, 0.1) is 12.2 Å². The fraction of sp³-hybridized carbons (Fsp3) is 1.00. The van der Waals surface area contributed by atoms with E-state index in [0.29, 0.717) is 13.1 Å². The van der Waals surface area contributed by atoms with Crippen LogP contribution in [0.3, 0.4) is 0 Å². The van der Waals surface area contributed by atoms with Crippen molar-refractivity contribution in [2.75, 3.05) is 78.5 Å². The Morgan fingerprint density at radius 1 is 0.442 bits per heavy atom. The third kappa shape index (κ3) is 30.9. The lowest BCUT2D eigenvalue weighted by Crippen LogP contribution is -2.52. The van der Waals surface area contributed by atoms with Gasteiger partial charge < -0.3 is 32.3 Å². The number of aliphatic hydroxyl groups excluding tert-OH is 2. The summed E-state index contributed by atoms with van der Waals surface area (Å²) in [7, 11) is 0. The van der Waals surface area contributed by atoms with Crippen molar-refractivity contribution in [2.45, 2.75) is 193 Å². The average molecular weight is 739 g/mol. The first-order valence-electron chi connectivity index (χ1n) is 23.1. The molecule has 0 radical (unpaired) electrons. The van der Waals surface area contributed by atoms with E-state index in [1.54, 1.807) is 0 Å². The molecule has 8 nitrogen and oxygen atoms in total. The van der Waals surface area contributed by atoms with E-state index < -0.39 is 0 Å². The van der Waals surface area contributed by atoms with E-state index in [-0.39, 0.29) is 12.2 Å². The van der Waals surface area contributed by atoms with Gasteiger partial charge in [-0.05, 0) is 76.5 Å². The monoisotopic (exact) mass is 739 g/mol. The predicted octanol–water partition coefficient (Wildman–Crippen LogP) is 7.84. The van der Waals surface area contributed by atoms with Crippen molar-refractivity contribution < 1.29 is 10.2 Å². The second-order valence-electron chi connectivity index (χ2n) is 16.7. The van der Waals surface area contributed by atoms with Crippen molar-refractivity contribution in [2.24, 2.45) is 23.3 Å². The van der Waals surface area contributed by atoms with E-state index in [1.807, 2.05) is 0 Å². The molecule has 4 atom stereocenters. The number of hydrogen-bond acceptors (Lipinski definition) is 8. The molecular formula is C44H94N6O2. The Balaban J connectivity index is 2.13. The van der Waals surface area contributed by atoms with Crippen LogP contribution < -0.4 is 22.1 Å². The molecule has 1 rings (SSSR count). The van der Waals surface area contributed by atoms with Crippen molar-refractivity contribution in [3.05, 3.63) is 0 Å². The van der Waals surface area contributed by atoms with Gasteiger partial charge in [0.1, 0.15) is 0 Å². The molecule has 1 aliphatic rings. The number of nitrogens with two attached hydrogens (primary N) is 2. The lowest BCUT2D eigenvalue weighted by Gasteiger charge is -2.36. The molecule has 1 aliphatic heterocycles. The largest absolute Gasteiger partial charge is 0.390 e. The van der Waals surface area contributed by atoms with Gasteiger partial charge in [0.15, 0.2) is 0 Å². The van der Waals surface area contributed by atoms with Crippen molar-refractivity contribution >= 4 is 0 Å². The van der Waals surface area contributed by atoms with Gasteiger partial charge in [0.2, 0.25) is 0 Å². The lowest BCUT2D eigenvalue weighted by molar-refractivity contribution is 0.0487. The first-order valence-corrected chi connectivity index (χ1v) is 23.1. The quantitative estimate of drug-likeness (QED) is 0.0352. The molecule has 1 fully saturated rings. The molecule has 0 aromatic heterocycles. The molecule has 0 amide bonds. The topological polar surface area (TPSA) is 123 Å². The molecule has 0 bridgehead atoms. The van der Waals surface area contributed by atoms with Crippen molar-refractivity contribution in [1.29, 1.82) is 0 Å². The van der Waals surface area contributed by atoms with Gasteiger partial charge in [-0.1, -0.05) is 142 Å². The van der Waals surface area contributed by atoms with E-state index in [0.717, 1.165) is 90.1 Å². The Morgan fingerprint density at radius 2 is 0.750 bits per heavy atom. The third-order valence-corrected chi connectivity index (χ3v) is 11.7. The summed E-state index contributed by atoms with van der Waals surface area (Å²) in [4.78, 5) is 4.77. The molecule has 0 aliphatic carbocycles. The number of hydrogen-bond donors (Lipinski definition) is 6. The Bertz CT molecular complexity index is 652. The molecule has 0 aromatic rings. The van der Waals surface area contributed by atoms with E-state index >= 15 is 0 Å². The molecule has 1 heterocycles. The summed E-state index contributed by atoms with van der Waals surface area (Å²) < 4.78 is 0. The number of rotatable bonds is 40. The van der Waals surface area contributed by atoms with Crippen LogP contribution in [-0.2, 0) is 0 Å². The van der Waals surface area contributed by atoms with Crippen LogP contribution in [0.15, 0.2) is 0 Å². The number of nitrogens with one attached hydrogen (secondary N) is 2. The summed E-state index contributed by atoms with van der Waals surface area (Å²) in [6.45, 7) is 14.7. The minimum atomic E-state index is -0.338. The lowest BCUT2D eigenvalue weighted by atomic mass is 9.92. The fourth-order valence-electron chi connectivity index (χ4n) is 8.20. The van der Waals surface area contributed by atoms with Crippen LogP contribution in [0.4, 0.5) is 0 Å². The van der Waals surface area contributed by atoms with Gasteiger partial charge >= 0.3 is 0 Å². The maximum atomic E-state index is 10.7. The molecule has 4 unspecified atom stereocenters. The van der Waals surface area contributed by atoms with Crippen LogP contribution in [0.25, 0.3) is 0 Å². The minimum absolute atomic E-state index is 0.338. The summed E-state index contributed by atoms with van der Waals surface area (Å²) in [5, 5.41) is 28.6. The van der Waals surface area contributed by atoms with Gasteiger partial charge in [-0.2, -0.15) is 0 Å². The van der Waals surface area contributed by atoms with Gasteiger partial charge in [-0.15, -0.1) is 0 Å². The number of unbranched alkanes of at least 4 members (excludes halogenated alkanes) is 16. The van der Waals surface area contributed by atoms with E-state index in [9.17, 15) is 10.2 Å². The zero-order chi connectivity index (χ0) is 37.7. The summed E-state index contributed by atoms with van der Waals surface area (Å²) >= 11 is 0. The predicted molar refractivity (Wildman–Crippen MR) is 227 cm³/mol. The molecule has 0 saturated carbocycles. The van der Waals surface area contributed by atoms with Crippen LogP contribution >= 0.6 is 0 Å². The molecule has 52 heavy (non-hydrogen) atoms. The SMILES string of the molecule is CCCCCCCCCCCC(CCCN)CCNCC(O)CN1CCN(CC(O)CNCCC(CCCN)CCCCCCCCCCC)CC1. The zero-order valence-electron chi connectivity index (χ0n) is 35.1. The summed E-state index contributed by atoms with van der Waals surface area (Å²) in [5.74, 6) is 1.51. The smallest absolute Gasteiger partial charge is 0.0791 e. The Kier molecular flexibility index (Phi) is 35.9. The molecule has 8 N–H and O–H groups in total. The van der Waals surface area contributed by atoms with Crippen molar-refractivity contribution in [3.8, 4) is 0 Å². The number of nitrogens with zero attached hydrogens (tertiary/aromatic N) is 2. The molecular weight excluding hydrogens is 645 g/mol. The number of piperazine rings is 1. The van der Waals surface area contributed by atoms with Gasteiger partial charge in [0.25, 0.3) is 0 Å². The van der Waals surface area contributed by atoms with Gasteiger partial charge in [-0.25, -0.2) is 0 Å². The number of aliphatic hydroxyl groups is 2. The Labute approximate surface area is 324 Å². The van der Waals surface area contributed by atoms with Crippen LogP contribution in [-0.4, -0.2) is 111 Å². The highest BCUT2D eigenvalue weighted by Gasteiger charge is 2.21. The highest BCUT2D eigenvalue weighted by atomic mass is 16.3. The first-order chi connectivity index (χ1) is 25.5. The Hall–Kier alpha value is -0.320. The highest BCUT2D eigenvalue weighted by molar-refractivity contribution is 4.78. The fourth-order valence-corrected chi connectivity index (χ4v) is 8.20. The first kappa shape index (κ1) is 49.7. The highest BCUT2D eigenvalue weighted by Crippen LogP contribution is 2.21. The minimum Gasteiger partial charge on any atom is -0.390 e. The maximum Gasteiger partial charge on any atom is 0.0791 e. The van der Waals surface area contributed by atoms with E-state index in [4.69, 9.17) is 11.5 Å². The zero-order valence-corrected chi connectivity index (χ0v) is 35.1. The summed E-state index contributed by atoms with van der Waals surface area (Å²) in [6, 6.07) is 0. The molecule has 1 saturated heterocycles. The summed E-state index contributed by atoms with van der Waals surface area (Å²) in [6.07, 6.45) is 34.0. The van der Waals surface area contributed by atoms with Crippen molar-refractivity contribution in [3.63, 3.8) is 0 Å². The maximum absolute atomic E-state index is 10.7. The van der Waals surface area contributed by atoms with Crippen LogP contribution in [0.5, 0.6) is 0 Å². The van der Waals surface area contributed by atoms with Gasteiger partial charge in [-0.3, -0.25) is 9.80 Å². The number of β-amino-alcohol motifs (C(OH)–C–C–N with tert-alkyl or cyclic N) is 2. The molecule has 0 aromatic carbocycles. The molecule has 312 valence electrons.